The molecule has 0 aliphatic carbocycles. The Kier molecular flexibility index (Phi) is 4.96. The van der Waals surface area contributed by atoms with Crippen molar-refractivity contribution < 1.29 is 18.6 Å². The summed E-state index contributed by atoms with van der Waals surface area (Å²) in [6.45, 7) is 0. The number of benzene rings is 1. The van der Waals surface area contributed by atoms with Crippen LogP contribution in [0.4, 0.5) is 0 Å². The van der Waals surface area contributed by atoms with Crippen LogP contribution in [0.1, 0.15) is 0 Å². The summed E-state index contributed by atoms with van der Waals surface area (Å²) >= 11 is 0. The number of hydrogen-bond donors (Lipinski definition) is 0. The first kappa shape index (κ1) is 11.8. The Morgan fingerprint density at radius 1 is 0.733 bits per heavy atom. The molecular weight excluding hydrogens is 219 g/mol. The number of hydrogen-bond acceptors (Lipinski definition) is 0. The molecule has 0 bridgehead atoms. The fourth-order valence-electron chi connectivity index (χ4n) is 1.39. The Hall–Kier alpha value is -1.24. The zero-order chi connectivity index (χ0) is 9.64. The molecule has 0 amide bonds. The van der Waals surface area contributed by atoms with Crippen LogP contribution in [-0.2, 0) is 18.6 Å². The number of fused-ring (bicyclic) bond motifs is 1. The first-order chi connectivity index (χ1) is 6.97. The van der Waals surface area contributed by atoms with E-state index in [1.165, 1.54) is 10.8 Å². The zero-order valence-corrected chi connectivity index (χ0v) is 9.77. The zero-order valence-electron chi connectivity index (χ0n) is 8.38. The first-order valence-corrected chi connectivity index (χ1v) is 4.74. The van der Waals surface area contributed by atoms with Crippen LogP contribution in [0.3, 0.4) is 0 Å². The van der Waals surface area contributed by atoms with Crippen molar-refractivity contribution in [2.75, 3.05) is 0 Å². The Morgan fingerprint density at radius 3 is 2.07 bits per heavy atom. The van der Waals surface area contributed by atoms with Crippen molar-refractivity contribution in [1.82, 2.24) is 0 Å². The molecule has 3 rings (SSSR count). The van der Waals surface area contributed by atoms with Gasteiger partial charge in [-0.25, -0.2) is 12.1 Å². The molecule has 0 nitrogen and oxygen atoms in total. The van der Waals surface area contributed by atoms with Gasteiger partial charge in [0.25, 0.3) is 0 Å². The molecule has 3 aromatic rings. The van der Waals surface area contributed by atoms with Crippen molar-refractivity contribution in [2.24, 2.45) is 0 Å². The van der Waals surface area contributed by atoms with Gasteiger partial charge in [-0.05, 0) is 0 Å². The molecule has 0 atom stereocenters. The van der Waals surface area contributed by atoms with E-state index in [2.05, 4.69) is 42.5 Å². The minimum atomic E-state index is 0. The molecule has 0 spiro atoms. The average Bonchev–Trinajstić information content (AvgIpc) is 2.92. The van der Waals surface area contributed by atoms with E-state index in [9.17, 15) is 0 Å². The van der Waals surface area contributed by atoms with Crippen LogP contribution in [0.2, 0.25) is 0 Å². The van der Waals surface area contributed by atoms with Gasteiger partial charge in [0, 0.05) is 0 Å². The molecule has 0 aliphatic rings. The van der Waals surface area contributed by atoms with Gasteiger partial charge in [0.15, 0.2) is 0 Å². The summed E-state index contributed by atoms with van der Waals surface area (Å²) in [5.41, 5.74) is 0. The Labute approximate surface area is 102 Å². The van der Waals surface area contributed by atoms with E-state index in [0.29, 0.717) is 0 Å². The van der Waals surface area contributed by atoms with E-state index in [0.717, 1.165) is 0 Å². The normalized spacial score (nSPS) is 8.80. The van der Waals surface area contributed by atoms with Crippen molar-refractivity contribution in [3.63, 3.8) is 0 Å². The van der Waals surface area contributed by atoms with E-state index < -0.39 is 0 Å². The monoisotopic (exact) mass is 231 g/mol. The molecule has 0 heterocycles. The Bertz CT molecular complexity index is 415. The third-order valence-corrected chi connectivity index (χ3v) is 2.10. The molecule has 0 unspecified atom stereocenters. The summed E-state index contributed by atoms with van der Waals surface area (Å²) in [5.74, 6) is 0. The molecule has 73 valence electrons. The van der Waals surface area contributed by atoms with Gasteiger partial charge in [-0.2, -0.15) is 35.7 Å². The third-order valence-electron chi connectivity index (χ3n) is 2.10. The maximum atomic E-state index is 2.12. The minimum absolute atomic E-state index is 0. The van der Waals surface area contributed by atoms with Gasteiger partial charge in [0.05, 0.1) is 0 Å². The van der Waals surface area contributed by atoms with Crippen molar-refractivity contribution in [1.29, 1.82) is 0 Å². The quantitative estimate of drug-likeness (QED) is 0.514. The standard InChI is InChI=1S/C9H7.C5H5.V/c1-2-5-9-7-3-6-8(9)4-1;1-2-4-5-3-1;/h1-7H;1-5H;/q2*-1;+2. The maximum absolute atomic E-state index is 2.12. The second kappa shape index (κ2) is 6.29. The molecule has 1 radical (unpaired) electrons. The van der Waals surface area contributed by atoms with Crippen molar-refractivity contribution in [2.45, 2.75) is 0 Å². The van der Waals surface area contributed by atoms with Crippen LogP contribution in [0.15, 0.2) is 72.8 Å². The van der Waals surface area contributed by atoms with E-state index in [1.54, 1.807) is 0 Å². The summed E-state index contributed by atoms with van der Waals surface area (Å²) in [4.78, 5) is 0. The van der Waals surface area contributed by atoms with Gasteiger partial charge < -0.3 is 0 Å². The predicted molar refractivity (Wildman–Crippen MR) is 61.6 cm³/mol. The van der Waals surface area contributed by atoms with Crippen LogP contribution in [-0.4, -0.2) is 0 Å². The smallest absolute Gasteiger partial charge is 0.214 e. The maximum Gasteiger partial charge on any atom is 2.00 e. The first-order valence-electron chi connectivity index (χ1n) is 4.74. The summed E-state index contributed by atoms with van der Waals surface area (Å²) in [6, 6.07) is 24.7. The third kappa shape index (κ3) is 3.43. The summed E-state index contributed by atoms with van der Waals surface area (Å²) < 4.78 is 0. The van der Waals surface area contributed by atoms with Crippen LogP contribution in [0.25, 0.3) is 10.8 Å². The molecule has 3 aromatic carbocycles. The van der Waals surface area contributed by atoms with E-state index in [1.807, 2.05) is 30.3 Å². The van der Waals surface area contributed by atoms with Gasteiger partial charge in [-0.15, -0.1) is 29.7 Å². The van der Waals surface area contributed by atoms with Crippen LogP contribution < -0.4 is 0 Å². The van der Waals surface area contributed by atoms with Gasteiger partial charge in [-0.1, -0.05) is 6.07 Å². The van der Waals surface area contributed by atoms with E-state index >= 15 is 0 Å². The van der Waals surface area contributed by atoms with Gasteiger partial charge in [0.2, 0.25) is 0 Å². The topological polar surface area (TPSA) is 0 Å². The van der Waals surface area contributed by atoms with E-state index in [-0.39, 0.29) is 18.6 Å². The SMILES string of the molecule is [V+2].c1cc[cH-]c1.c1ccc2[cH-]ccc2c1. The Balaban J connectivity index is 0.000000162. The molecule has 0 aromatic heterocycles. The Morgan fingerprint density at radius 2 is 1.47 bits per heavy atom. The molecule has 0 N–H and O–H groups in total. The average molecular weight is 231 g/mol. The largest absolute Gasteiger partial charge is 2.00 e. The summed E-state index contributed by atoms with van der Waals surface area (Å²) in [7, 11) is 0. The van der Waals surface area contributed by atoms with Crippen LogP contribution in [0, 0.1) is 0 Å². The fourth-order valence-corrected chi connectivity index (χ4v) is 1.39. The predicted octanol–water partition coefficient (Wildman–Crippen LogP) is 3.96. The molecule has 15 heavy (non-hydrogen) atoms. The molecule has 0 saturated carbocycles. The van der Waals surface area contributed by atoms with Gasteiger partial charge >= 0.3 is 18.6 Å². The van der Waals surface area contributed by atoms with E-state index in [4.69, 9.17) is 0 Å². The number of rotatable bonds is 0. The van der Waals surface area contributed by atoms with Crippen LogP contribution in [0.5, 0.6) is 0 Å². The van der Waals surface area contributed by atoms with Gasteiger partial charge in [0.1, 0.15) is 0 Å². The molecule has 0 aliphatic heterocycles. The summed E-state index contributed by atoms with van der Waals surface area (Å²) in [6.07, 6.45) is 0. The minimum Gasteiger partial charge on any atom is -0.214 e. The van der Waals surface area contributed by atoms with Crippen LogP contribution >= 0.6 is 0 Å². The molecule has 0 saturated heterocycles. The second-order valence-electron chi connectivity index (χ2n) is 3.12. The molecular formula is C14H12V. The van der Waals surface area contributed by atoms with Gasteiger partial charge in [-0.3, -0.25) is 0 Å². The summed E-state index contributed by atoms with van der Waals surface area (Å²) in [5, 5.41) is 2.66. The van der Waals surface area contributed by atoms with Crippen molar-refractivity contribution in [3.05, 3.63) is 72.8 Å². The molecule has 1 heteroatoms. The molecule has 0 fully saturated rings. The fraction of sp³-hybridized carbons (Fsp3) is 0. The second-order valence-corrected chi connectivity index (χ2v) is 3.12. The van der Waals surface area contributed by atoms with Crippen molar-refractivity contribution in [3.8, 4) is 0 Å². The van der Waals surface area contributed by atoms with Crippen molar-refractivity contribution >= 4 is 10.8 Å².